The largest absolute Gasteiger partial charge is 0.321 e. The SMILES string of the molecule is Cc1ncccc1Nc1ncn(-c2ccccc2)n1. The van der Waals surface area contributed by atoms with Crippen molar-refractivity contribution in [2.24, 2.45) is 0 Å². The van der Waals surface area contributed by atoms with Gasteiger partial charge in [0.1, 0.15) is 6.33 Å². The fourth-order valence-electron chi connectivity index (χ4n) is 1.76. The summed E-state index contributed by atoms with van der Waals surface area (Å²) < 4.78 is 1.73. The molecule has 0 atom stereocenters. The third kappa shape index (κ3) is 2.44. The molecule has 1 N–H and O–H groups in total. The maximum absolute atomic E-state index is 4.38. The molecule has 1 aromatic carbocycles. The minimum atomic E-state index is 0.556. The van der Waals surface area contributed by atoms with Gasteiger partial charge in [-0.15, -0.1) is 5.10 Å². The molecule has 2 heterocycles. The highest BCUT2D eigenvalue weighted by Crippen LogP contribution is 2.15. The summed E-state index contributed by atoms with van der Waals surface area (Å²) in [5.41, 5.74) is 2.80. The summed E-state index contributed by atoms with van der Waals surface area (Å²) in [7, 11) is 0. The third-order valence-corrected chi connectivity index (χ3v) is 2.77. The average Bonchev–Trinajstić information content (AvgIpc) is 2.91. The minimum absolute atomic E-state index is 0.556. The third-order valence-electron chi connectivity index (χ3n) is 2.77. The summed E-state index contributed by atoms with van der Waals surface area (Å²) in [4.78, 5) is 8.46. The van der Waals surface area contributed by atoms with E-state index >= 15 is 0 Å². The first kappa shape index (κ1) is 11.4. The molecule has 0 fully saturated rings. The van der Waals surface area contributed by atoms with Crippen LogP contribution in [0.5, 0.6) is 0 Å². The molecule has 0 saturated carbocycles. The second kappa shape index (κ2) is 4.89. The highest BCUT2D eigenvalue weighted by Gasteiger charge is 2.04. The fraction of sp³-hybridized carbons (Fsp3) is 0.0714. The van der Waals surface area contributed by atoms with Crippen molar-refractivity contribution in [2.75, 3.05) is 5.32 Å². The van der Waals surface area contributed by atoms with Crippen molar-refractivity contribution in [1.82, 2.24) is 19.7 Å². The van der Waals surface area contributed by atoms with E-state index in [4.69, 9.17) is 0 Å². The van der Waals surface area contributed by atoms with E-state index in [1.165, 1.54) is 0 Å². The topological polar surface area (TPSA) is 55.6 Å². The number of benzene rings is 1. The molecule has 2 aromatic heterocycles. The summed E-state index contributed by atoms with van der Waals surface area (Å²) in [6.45, 7) is 1.94. The number of pyridine rings is 1. The Morgan fingerprint density at radius 3 is 2.63 bits per heavy atom. The van der Waals surface area contributed by atoms with Crippen molar-refractivity contribution >= 4 is 11.6 Å². The molecule has 3 aromatic rings. The van der Waals surface area contributed by atoms with Crippen LogP contribution in [-0.4, -0.2) is 19.7 Å². The molecule has 0 aliphatic heterocycles. The fourth-order valence-corrected chi connectivity index (χ4v) is 1.76. The van der Waals surface area contributed by atoms with E-state index in [1.54, 1.807) is 17.2 Å². The van der Waals surface area contributed by atoms with Gasteiger partial charge in [-0.25, -0.2) is 4.68 Å². The summed E-state index contributed by atoms with van der Waals surface area (Å²) in [6.07, 6.45) is 3.44. The van der Waals surface area contributed by atoms with E-state index in [-0.39, 0.29) is 0 Å². The number of para-hydroxylation sites is 1. The van der Waals surface area contributed by atoms with E-state index < -0.39 is 0 Å². The molecular weight excluding hydrogens is 238 g/mol. The number of aryl methyl sites for hydroxylation is 1. The Kier molecular flexibility index (Phi) is 2.94. The van der Waals surface area contributed by atoms with Crippen LogP contribution < -0.4 is 5.32 Å². The second-order valence-electron chi connectivity index (χ2n) is 4.11. The van der Waals surface area contributed by atoms with Crippen molar-refractivity contribution in [3.05, 3.63) is 60.7 Å². The highest BCUT2D eigenvalue weighted by molar-refractivity contribution is 5.55. The van der Waals surface area contributed by atoms with Crippen LogP contribution in [0.25, 0.3) is 5.69 Å². The quantitative estimate of drug-likeness (QED) is 0.777. The molecule has 0 aliphatic carbocycles. The molecule has 5 heteroatoms. The lowest BCUT2D eigenvalue weighted by Gasteiger charge is -2.04. The van der Waals surface area contributed by atoms with Crippen molar-refractivity contribution in [3.8, 4) is 5.69 Å². The number of nitrogens with one attached hydrogen (secondary N) is 1. The van der Waals surface area contributed by atoms with E-state index in [0.717, 1.165) is 17.1 Å². The number of anilines is 2. The molecule has 19 heavy (non-hydrogen) atoms. The van der Waals surface area contributed by atoms with Crippen molar-refractivity contribution < 1.29 is 0 Å². The Morgan fingerprint density at radius 1 is 1.00 bits per heavy atom. The van der Waals surface area contributed by atoms with Gasteiger partial charge in [0.05, 0.1) is 17.1 Å². The number of hydrogen-bond acceptors (Lipinski definition) is 4. The van der Waals surface area contributed by atoms with Crippen LogP contribution in [0.4, 0.5) is 11.6 Å². The standard InChI is InChI=1S/C14H13N5/c1-11-13(8-5-9-15-11)17-14-16-10-19(18-14)12-6-3-2-4-7-12/h2-10H,1H3,(H,17,18). The summed E-state index contributed by atoms with van der Waals surface area (Å²) in [5, 5.41) is 7.54. The Morgan fingerprint density at radius 2 is 1.84 bits per heavy atom. The van der Waals surface area contributed by atoms with Crippen molar-refractivity contribution in [1.29, 1.82) is 0 Å². The number of aromatic nitrogens is 4. The van der Waals surface area contributed by atoms with Crippen LogP contribution >= 0.6 is 0 Å². The van der Waals surface area contributed by atoms with Gasteiger partial charge in [-0.2, -0.15) is 4.98 Å². The lowest BCUT2D eigenvalue weighted by Crippen LogP contribution is -1.98. The van der Waals surface area contributed by atoms with Gasteiger partial charge in [-0.1, -0.05) is 18.2 Å². The van der Waals surface area contributed by atoms with Crippen LogP contribution in [0, 0.1) is 6.92 Å². The van der Waals surface area contributed by atoms with Crippen molar-refractivity contribution in [3.63, 3.8) is 0 Å². The Hall–Kier alpha value is -2.69. The van der Waals surface area contributed by atoms with Gasteiger partial charge in [0, 0.05) is 6.20 Å². The maximum Gasteiger partial charge on any atom is 0.247 e. The van der Waals surface area contributed by atoms with Gasteiger partial charge in [0.2, 0.25) is 5.95 Å². The first-order valence-corrected chi connectivity index (χ1v) is 5.99. The number of hydrogen-bond donors (Lipinski definition) is 1. The van der Waals surface area contributed by atoms with Gasteiger partial charge in [-0.05, 0) is 31.2 Å². The normalized spacial score (nSPS) is 10.4. The highest BCUT2D eigenvalue weighted by atomic mass is 15.4. The van der Waals surface area contributed by atoms with Gasteiger partial charge >= 0.3 is 0 Å². The first-order chi connectivity index (χ1) is 9.33. The Bertz CT molecular complexity index is 675. The maximum atomic E-state index is 4.38. The van der Waals surface area contributed by atoms with Crippen LogP contribution in [0.2, 0.25) is 0 Å². The molecule has 3 rings (SSSR count). The molecule has 0 spiro atoms. The van der Waals surface area contributed by atoms with Crippen LogP contribution in [0.3, 0.4) is 0 Å². The zero-order valence-corrected chi connectivity index (χ0v) is 10.5. The van der Waals surface area contributed by atoms with Crippen LogP contribution in [0.1, 0.15) is 5.69 Å². The lowest BCUT2D eigenvalue weighted by molar-refractivity contribution is 0.882. The average molecular weight is 251 g/mol. The molecule has 0 unspecified atom stereocenters. The van der Waals surface area contributed by atoms with Gasteiger partial charge in [0.25, 0.3) is 0 Å². The molecule has 0 aliphatic rings. The molecule has 0 saturated heterocycles. The second-order valence-corrected chi connectivity index (χ2v) is 4.11. The zero-order chi connectivity index (χ0) is 13.1. The molecular formula is C14H13N5. The van der Waals surface area contributed by atoms with Gasteiger partial charge in [-0.3, -0.25) is 4.98 Å². The monoisotopic (exact) mass is 251 g/mol. The van der Waals surface area contributed by atoms with Gasteiger partial charge < -0.3 is 5.32 Å². The van der Waals surface area contributed by atoms with Crippen molar-refractivity contribution in [2.45, 2.75) is 6.92 Å². The van der Waals surface area contributed by atoms with E-state index in [0.29, 0.717) is 5.95 Å². The molecule has 0 amide bonds. The summed E-state index contributed by atoms with van der Waals surface area (Å²) in [6, 6.07) is 13.7. The minimum Gasteiger partial charge on any atom is -0.321 e. The predicted molar refractivity (Wildman–Crippen MR) is 73.6 cm³/mol. The lowest BCUT2D eigenvalue weighted by atomic mass is 10.3. The molecule has 5 nitrogen and oxygen atoms in total. The smallest absolute Gasteiger partial charge is 0.247 e. The molecule has 0 bridgehead atoms. The van der Waals surface area contributed by atoms with E-state index in [1.807, 2.05) is 49.4 Å². The Balaban J connectivity index is 1.85. The van der Waals surface area contributed by atoms with Gasteiger partial charge in [0.15, 0.2) is 0 Å². The van der Waals surface area contributed by atoms with E-state index in [9.17, 15) is 0 Å². The van der Waals surface area contributed by atoms with Crippen LogP contribution in [0.15, 0.2) is 55.0 Å². The summed E-state index contributed by atoms with van der Waals surface area (Å²) in [5.74, 6) is 0.556. The Labute approximate surface area is 111 Å². The number of nitrogens with zero attached hydrogens (tertiary/aromatic N) is 4. The van der Waals surface area contributed by atoms with E-state index in [2.05, 4.69) is 20.4 Å². The summed E-state index contributed by atoms with van der Waals surface area (Å²) >= 11 is 0. The van der Waals surface area contributed by atoms with Crippen LogP contribution in [-0.2, 0) is 0 Å². The molecule has 0 radical (unpaired) electrons. The first-order valence-electron chi connectivity index (χ1n) is 5.99. The molecule has 94 valence electrons. The predicted octanol–water partition coefficient (Wildman–Crippen LogP) is 2.71. The number of rotatable bonds is 3. The zero-order valence-electron chi connectivity index (χ0n) is 10.5.